The Morgan fingerprint density at radius 2 is 2.04 bits per heavy atom. The number of hydrogen-bond donors (Lipinski definition) is 1. The zero-order valence-electron chi connectivity index (χ0n) is 14.7. The molecular formula is C20H22N6. The lowest BCUT2D eigenvalue weighted by atomic mass is 9.97. The predicted molar refractivity (Wildman–Crippen MR) is 100 cm³/mol. The zero-order valence-corrected chi connectivity index (χ0v) is 14.7. The smallest absolute Gasteiger partial charge is 0.180 e. The topological polar surface area (TPSA) is 70.6 Å². The minimum Gasteiger partial charge on any atom is -0.356 e. The van der Waals surface area contributed by atoms with Crippen molar-refractivity contribution in [1.29, 1.82) is 0 Å². The maximum atomic E-state index is 4.98. The number of nitrogens with zero attached hydrogens (tertiary/aromatic N) is 5. The first kappa shape index (κ1) is 15.5. The molecule has 6 heteroatoms. The molecule has 0 bridgehead atoms. The molecule has 0 amide bonds. The first-order valence-electron chi connectivity index (χ1n) is 9.44. The Hall–Kier alpha value is -2.76. The van der Waals surface area contributed by atoms with E-state index in [2.05, 4.69) is 19.9 Å². The van der Waals surface area contributed by atoms with Crippen LogP contribution in [0.1, 0.15) is 42.3 Å². The second kappa shape index (κ2) is 6.52. The molecule has 6 nitrogen and oxygen atoms in total. The summed E-state index contributed by atoms with van der Waals surface area (Å²) >= 11 is 0. The molecule has 3 aromatic heterocycles. The third kappa shape index (κ3) is 2.75. The molecule has 1 atom stereocenters. The molecule has 1 aliphatic heterocycles. The Kier molecular flexibility index (Phi) is 3.88. The number of H-pyrrole nitrogens is 1. The van der Waals surface area contributed by atoms with Crippen LogP contribution < -0.4 is 4.90 Å². The molecule has 0 spiro atoms. The molecule has 4 heterocycles. The van der Waals surface area contributed by atoms with Crippen molar-refractivity contribution >= 4 is 5.82 Å². The van der Waals surface area contributed by atoms with Crippen LogP contribution in [-0.4, -0.2) is 38.0 Å². The molecular weight excluding hydrogens is 324 g/mol. The van der Waals surface area contributed by atoms with Crippen LogP contribution in [0.4, 0.5) is 5.82 Å². The van der Waals surface area contributed by atoms with Crippen molar-refractivity contribution in [3.8, 4) is 11.5 Å². The van der Waals surface area contributed by atoms with Crippen LogP contribution in [0.25, 0.3) is 11.5 Å². The lowest BCUT2D eigenvalue weighted by Gasteiger charge is -2.34. The molecule has 0 saturated carbocycles. The largest absolute Gasteiger partial charge is 0.356 e. The monoisotopic (exact) mass is 346 g/mol. The summed E-state index contributed by atoms with van der Waals surface area (Å²) in [6.07, 6.45) is 11.2. The van der Waals surface area contributed by atoms with Gasteiger partial charge in [0, 0.05) is 48.9 Å². The Balaban J connectivity index is 1.52. The molecule has 26 heavy (non-hydrogen) atoms. The summed E-state index contributed by atoms with van der Waals surface area (Å²) in [5, 5.41) is 0. The third-order valence-corrected chi connectivity index (χ3v) is 5.43. The molecule has 1 saturated heterocycles. The summed E-state index contributed by atoms with van der Waals surface area (Å²) in [6, 6.07) is 5.91. The van der Waals surface area contributed by atoms with Crippen LogP contribution in [-0.2, 0) is 12.8 Å². The minimum atomic E-state index is 0.434. The summed E-state index contributed by atoms with van der Waals surface area (Å²) in [5.41, 5.74) is 3.39. The molecule has 1 aliphatic carbocycles. The van der Waals surface area contributed by atoms with Crippen LogP contribution >= 0.6 is 0 Å². The molecule has 5 rings (SSSR count). The van der Waals surface area contributed by atoms with Gasteiger partial charge in [0.1, 0.15) is 17.3 Å². The van der Waals surface area contributed by atoms with Gasteiger partial charge in [0.2, 0.25) is 0 Å². The number of anilines is 1. The molecule has 132 valence electrons. The van der Waals surface area contributed by atoms with E-state index >= 15 is 0 Å². The van der Waals surface area contributed by atoms with E-state index in [0.717, 1.165) is 61.9 Å². The molecule has 1 fully saturated rings. The predicted octanol–water partition coefficient (Wildman–Crippen LogP) is 3.13. The number of fused-ring (bicyclic) bond motifs is 1. The van der Waals surface area contributed by atoms with Gasteiger partial charge >= 0.3 is 0 Å². The first-order valence-corrected chi connectivity index (χ1v) is 9.44. The number of rotatable bonds is 3. The van der Waals surface area contributed by atoms with Gasteiger partial charge in [0.15, 0.2) is 5.82 Å². The van der Waals surface area contributed by atoms with E-state index in [-0.39, 0.29) is 0 Å². The first-order chi connectivity index (χ1) is 12.9. The highest BCUT2D eigenvalue weighted by Gasteiger charge is 2.28. The van der Waals surface area contributed by atoms with Crippen LogP contribution in [0.3, 0.4) is 0 Å². The second-order valence-corrected chi connectivity index (χ2v) is 7.12. The fourth-order valence-electron chi connectivity index (χ4n) is 4.18. The highest BCUT2D eigenvalue weighted by molar-refractivity contribution is 5.59. The number of piperidine rings is 1. The van der Waals surface area contributed by atoms with Crippen molar-refractivity contribution in [1.82, 2.24) is 24.9 Å². The fourth-order valence-corrected chi connectivity index (χ4v) is 4.18. The van der Waals surface area contributed by atoms with E-state index in [1.165, 1.54) is 17.7 Å². The average molecular weight is 346 g/mol. The summed E-state index contributed by atoms with van der Waals surface area (Å²) in [6.45, 7) is 2.00. The van der Waals surface area contributed by atoms with E-state index < -0.39 is 0 Å². The number of imidazole rings is 1. The third-order valence-electron chi connectivity index (χ3n) is 5.43. The Labute approximate surface area is 152 Å². The van der Waals surface area contributed by atoms with Crippen LogP contribution in [0, 0.1) is 0 Å². The molecule has 3 aromatic rings. The van der Waals surface area contributed by atoms with E-state index in [9.17, 15) is 0 Å². The van der Waals surface area contributed by atoms with Gasteiger partial charge in [-0.1, -0.05) is 6.07 Å². The highest BCUT2D eigenvalue weighted by atomic mass is 15.2. The second-order valence-electron chi connectivity index (χ2n) is 7.12. The molecule has 0 radical (unpaired) electrons. The number of aromatic nitrogens is 5. The van der Waals surface area contributed by atoms with E-state index in [4.69, 9.17) is 9.97 Å². The lowest BCUT2D eigenvalue weighted by Crippen LogP contribution is -2.36. The van der Waals surface area contributed by atoms with Gasteiger partial charge in [-0.15, -0.1) is 0 Å². The van der Waals surface area contributed by atoms with Crippen LogP contribution in [0.2, 0.25) is 0 Å². The van der Waals surface area contributed by atoms with E-state index in [1.54, 1.807) is 6.20 Å². The number of nitrogens with one attached hydrogen (secondary N) is 1. The van der Waals surface area contributed by atoms with Crippen molar-refractivity contribution in [2.45, 2.75) is 38.0 Å². The van der Waals surface area contributed by atoms with Crippen LogP contribution in [0.5, 0.6) is 0 Å². The number of aryl methyl sites for hydroxylation is 1. The van der Waals surface area contributed by atoms with Gasteiger partial charge in [-0.25, -0.2) is 15.0 Å². The standard InChI is InChI=1S/C20H22N6/c1-2-9-21-17(7-1)19-24-16-8-3-6-15(16)20(25-19)26-12-4-5-14(13-26)18-22-10-11-23-18/h1-2,7,9-11,14H,3-6,8,12-13H2,(H,22,23). The van der Waals surface area contributed by atoms with Gasteiger partial charge in [0.05, 0.1) is 0 Å². The SMILES string of the molecule is c1ccc(-c2nc3c(c(N4CCCC(c5ncc[nH]5)C4)n2)CCC3)nc1. The molecule has 2 aliphatic rings. The lowest BCUT2D eigenvalue weighted by molar-refractivity contribution is 0.490. The van der Waals surface area contributed by atoms with Crippen molar-refractivity contribution < 1.29 is 0 Å². The van der Waals surface area contributed by atoms with Gasteiger partial charge < -0.3 is 9.88 Å². The van der Waals surface area contributed by atoms with Gasteiger partial charge in [-0.05, 0) is 44.2 Å². The molecule has 1 unspecified atom stereocenters. The van der Waals surface area contributed by atoms with Crippen molar-refractivity contribution in [2.75, 3.05) is 18.0 Å². The van der Waals surface area contributed by atoms with Crippen molar-refractivity contribution in [3.05, 3.63) is 53.9 Å². The van der Waals surface area contributed by atoms with Gasteiger partial charge in [0.25, 0.3) is 0 Å². The summed E-state index contributed by atoms with van der Waals surface area (Å²) in [4.78, 5) is 24.5. The summed E-state index contributed by atoms with van der Waals surface area (Å²) in [5.74, 6) is 3.39. The Morgan fingerprint density at radius 3 is 2.88 bits per heavy atom. The maximum Gasteiger partial charge on any atom is 0.180 e. The highest BCUT2D eigenvalue weighted by Crippen LogP contribution is 2.34. The molecule has 1 N–H and O–H groups in total. The van der Waals surface area contributed by atoms with E-state index in [0.29, 0.717) is 5.92 Å². The van der Waals surface area contributed by atoms with E-state index in [1.807, 2.05) is 30.6 Å². The maximum absolute atomic E-state index is 4.98. The quantitative estimate of drug-likeness (QED) is 0.789. The van der Waals surface area contributed by atoms with Crippen molar-refractivity contribution in [2.24, 2.45) is 0 Å². The molecule has 0 aromatic carbocycles. The summed E-state index contributed by atoms with van der Waals surface area (Å²) < 4.78 is 0. The number of hydrogen-bond acceptors (Lipinski definition) is 5. The Morgan fingerprint density at radius 1 is 1.04 bits per heavy atom. The van der Waals surface area contributed by atoms with Gasteiger partial charge in [-0.3, -0.25) is 4.98 Å². The van der Waals surface area contributed by atoms with Crippen LogP contribution in [0.15, 0.2) is 36.8 Å². The number of aromatic amines is 1. The Bertz CT molecular complexity index is 890. The summed E-state index contributed by atoms with van der Waals surface area (Å²) in [7, 11) is 0. The fraction of sp³-hybridized carbons (Fsp3) is 0.400. The average Bonchev–Trinajstić information content (AvgIpc) is 3.40. The normalized spacial score (nSPS) is 19.5. The van der Waals surface area contributed by atoms with Crippen molar-refractivity contribution in [3.63, 3.8) is 0 Å². The zero-order chi connectivity index (χ0) is 17.3. The van der Waals surface area contributed by atoms with Gasteiger partial charge in [-0.2, -0.15) is 0 Å². The minimum absolute atomic E-state index is 0.434. The number of pyridine rings is 1.